The lowest BCUT2D eigenvalue weighted by atomic mass is 9.83. The fraction of sp³-hybridized carbons (Fsp3) is 0.636. The van der Waals surface area contributed by atoms with E-state index in [0.717, 1.165) is 37.8 Å². The third kappa shape index (κ3) is 4.73. The first-order valence-electron chi connectivity index (χ1n) is 10.3. The van der Waals surface area contributed by atoms with E-state index in [9.17, 15) is 9.59 Å². The van der Waals surface area contributed by atoms with Gasteiger partial charge in [0.2, 0.25) is 11.8 Å². The van der Waals surface area contributed by atoms with Crippen LogP contribution >= 0.6 is 0 Å². The van der Waals surface area contributed by atoms with Crippen LogP contribution in [0, 0.1) is 5.92 Å². The Morgan fingerprint density at radius 1 is 1.21 bits per heavy atom. The van der Waals surface area contributed by atoms with Gasteiger partial charge in [0.25, 0.3) is 0 Å². The molecular formula is C22H33N3O3. The summed E-state index contributed by atoms with van der Waals surface area (Å²) in [5, 5.41) is 2.98. The molecule has 1 aliphatic carbocycles. The molecule has 1 aromatic rings. The summed E-state index contributed by atoms with van der Waals surface area (Å²) in [4.78, 5) is 30.0. The highest BCUT2D eigenvalue weighted by Crippen LogP contribution is 2.42. The molecule has 0 aromatic heterocycles. The van der Waals surface area contributed by atoms with Crippen molar-refractivity contribution in [3.8, 4) is 0 Å². The predicted molar refractivity (Wildman–Crippen MR) is 109 cm³/mol. The van der Waals surface area contributed by atoms with Gasteiger partial charge in [-0.15, -0.1) is 0 Å². The Morgan fingerprint density at radius 2 is 1.89 bits per heavy atom. The zero-order valence-electron chi connectivity index (χ0n) is 17.3. The van der Waals surface area contributed by atoms with Crippen molar-refractivity contribution in [3.63, 3.8) is 0 Å². The molecule has 2 aliphatic rings. The van der Waals surface area contributed by atoms with E-state index in [2.05, 4.69) is 12.2 Å². The summed E-state index contributed by atoms with van der Waals surface area (Å²) >= 11 is 0. The highest BCUT2D eigenvalue weighted by Gasteiger charge is 2.53. The summed E-state index contributed by atoms with van der Waals surface area (Å²) in [5.74, 6) is 0.498. The average molecular weight is 388 g/mol. The number of ether oxygens (including phenoxy) is 1. The molecule has 1 N–H and O–H groups in total. The Bertz CT molecular complexity index is 669. The van der Waals surface area contributed by atoms with Gasteiger partial charge in [0.1, 0.15) is 11.8 Å². The number of rotatable bonds is 6. The van der Waals surface area contributed by atoms with Gasteiger partial charge < -0.3 is 15.0 Å². The SMILES string of the molecule is CC1CCC2(CC1)OC[C@@H](C(=O)NCCN(C)C)N2C(=O)Cc1ccccc1. The fourth-order valence-electron chi connectivity index (χ4n) is 4.23. The van der Waals surface area contributed by atoms with Crippen molar-refractivity contribution < 1.29 is 14.3 Å². The van der Waals surface area contributed by atoms with E-state index in [4.69, 9.17) is 4.74 Å². The molecule has 2 fully saturated rings. The van der Waals surface area contributed by atoms with Gasteiger partial charge in [0, 0.05) is 13.1 Å². The highest BCUT2D eigenvalue weighted by atomic mass is 16.5. The molecular weight excluding hydrogens is 354 g/mol. The van der Waals surface area contributed by atoms with Crippen LogP contribution in [0.4, 0.5) is 0 Å². The largest absolute Gasteiger partial charge is 0.353 e. The van der Waals surface area contributed by atoms with Crippen molar-refractivity contribution in [2.75, 3.05) is 33.8 Å². The molecule has 1 heterocycles. The molecule has 2 amide bonds. The zero-order chi connectivity index (χ0) is 20.1. The summed E-state index contributed by atoms with van der Waals surface area (Å²) in [6, 6.07) is 9.18. The van der Waals surface area contributed by atoms with E-state index < -0.39 is 11.8 Å². The van der Waals surface area contributed by atoms with Gasteiger partial charge >= 0.3 is 0 Å². The smallest absolute Gasteiger partial charge is 0.245 e. The Morgan fingerprint density at radius 3 is 2.54 bits per heavy atom. The van der Waals surface area contributed by atoms with E-state index in [1.165, 1.54) is 0 Å². The van der Waals surface area contributed by atoms with Crippen LogP contribution in [0.2, 0.25) is 0 Å². The van der Waals surface area contributed by atoms with E-state index in [1.54, 1.807) is 4.90 Å². The molecule has 1 saturated heterocycles. The first kappa shape index (κ1) is 20.8. The Hall–Kier alpha value is -1.92. The number of carbonyl (C=O) groups is 2. The quantitative estimate of drug-likeness (QED) is 0.811. The number of carbonyl (C=O) groups excluding carboxylic acids is 2. The molecule has 6 heteroatoms. The van der Waals surface area contributed by atoms with Crippen LogP contribution in [-0.2, 0) is 20.7 Å². The van der Waals surface area contributed by atoms with Gasteiger partial charge in [-0.25, -0.2) is 0 Å². The predicted octanol–water partition coefficient (Wildman–Crippen LogP) is 2.04. The van der Waals surface area contributed by atoms with Crippen LogP contribution in [0.3, 0.4) is 0 Å². The van der Waals surface area contributed by atoms with Crippen molar-refractivity contribution in [3.05, 3.63) is 35.9 Å². The molecule has 1 aromatic carbocycles. The minimum atomic E-state index is -0.623. The van der Waals surface area contributed by atoms with Gasteiger partial charge in [-0.3, -0.25) is 14.5 Å². The standard InChI is InChI=1S/C22H33N3O3/c1-17-9-11-22(12-10-17)25(20(26)15-18-7-5-4-6-8-18)19(16-28-22)21(27)23-13-14-24(2)3/h4-8,17,19H,9-16H2,1-3H3,(H,23,27)/t17?,19-,22?/m0/s1. The first-order chi connectivity index (χ1) is 13.4. The van der Waals surface area contributed by atoms with E-state index in [1.807, 2.05) is 49.3 Å². The molecule has 0 radical (unpaired) electrons. The Labute approximate surface area is 168 Å². The maximum atomic E-state index is 13.3. The second-order valence-corrected chi connectivity index (χ2v) is 8.48. The third-order valence-electron chi connectivity index (χ3n) is 5.94. The lowest BCUT2D eigenvalue weighted by Crippen LogP contribution is -2.57. The summed E-state index contributed by atoms with van der Waals surface area (Å²) in [5.41, 5.74) is 0.340. The van der Waals surface area contributed by atoms with Crippen LogP contribution in [0.25, 0.3) is 0 Å². The topological polar surface area (TPSA) is 61.9 Å². The maximum Gasteiger partial charge on any atom is 0.245 e. The van der Waals surface area contributed by atoms with E-state index in [-0.39, 0.29) is 18.4 Å². The monoisotopic (exact) mass is 387 g/mol. The number of hydrogen-bond acceptors (Lipinski definition) is 4. The van der Waals surface area contributed by atoms with Crippen molar-refractivity contribution in [2.45, 2.75) is 50.8 Å². The molecule has 0 unspecified atom stereocenters. The lowest BCUT2D eigenvalue weighted by molar-refractivity contribution is -0.160. The van der Waals surface area contributed by atoms with Crippen LogP contribution in [0.15, 0.2) is 30.3 Å². The molecule has 1 aliphatic heterocycles. The summed E-state index contributed by atoms with van der Waals surface area (Å²) in [7, 11) is 3.94. The van der Waals surface area contributed by atoms with Gasteiger partial charge in [-0.1, -0.05) is 37.3 Å². The minimum absolute atomic E-state index is 0.0222. The number of nitrogens with one attached hydrogen (secondary N) is 1. The lowest BCUT2D eigenvalue weighted by Gasteiger charge is -2.43. The summed E-state index contributed by atoms with van der Waals surface area (Å²) < 4.78 is 6.20. The van der Waals surface area contributed by atoms with Gasteiger partial charge in [0.05, 0.1) is 13.0 Å². The molecule has 1 spiro atoms. The second kappa shape index (κ2) is 9.05. The second-order valence-electron chi connectivity index (χ2n) is 8.48. The third-order valence-corrected chi connectivity index (χ3v) is 5.94. The highest BCUT2D eigenvalue weighted by molar-refractivity contribution is 5.89. The van der Waals surface area contributed by atoms with Crippen LogP contribution in [0.1, 0.15) is 38.2 Å². The summed E-state index contributed by atoms with van der Waals surface area (Å²) in [6.07, 6.45) is 3.93. The zero-order valence-corrected chi connectivity index (χ0v) is 17.3. The van der Waals surface area contributed by atoms with E-state index >= 15 is 0 Å². The van der Waals surface area contributed by atoms with Crippen LogP contribution in [0.5, 0.6) is 0 Å². The molecule has 6 nitrogen and oxygen atoms in total. The van der Waals surface area contributed by atoms with Crippen molar-refractivity contribution in [1.82, 2.24) is 15.1 Å². The summed E-state index contributed by atoms with van der Waals surface area (Å²) in [6.45, 7) is 3.85. The molecule has 1 atom stereocenters. The molecule has 28 heavy (non-hydrogen) atoms. The normalized spacial score (nSPS) is 27.4. The van der Waals surface area contributed by atoms with Crippen LogP contribution in [-0.4, -0.2) is 67.2 Å². The van der Waals surface area contributed by atoms with Gasteiger partial charge in [0.15, 0.2) is 0 Å². The Kier molecular flexibility index (Phi) is 6.73. The Balaban J connectivity index is 1.76. The first-order valence-corrected chi connectivity index (χ1v) is 10.3. The molecule has 3 rings (SSSR count). The number of amides is 2. The number of benzene rings is 1. The van der Waals surface area contributed by atoms with Crippen molar-refractivity contribution in [1.29, 1.82) is 0 Å². The number of nitrogens with zero attached hydrogens (tertiary/aromatic N) is 2. The van der Waals surface area contributed by atoms with E-state index in [0.29, 0.717) is 18.9 Å². The van der Waals surface area contributed by atoms with Crippen LogP contribution < -0.4 is 5.32 Å². The van der Waals surface area contributed by atoms with Gasteiger partial charge in [-0.05, 0) is 51.3 Å². The molecule has 154 valence electrons. The molecule has 1 saturated carbocycles. The number of hydrogen-bond donors (Lipinski definition) is 1. The number of likely N-dealkylation sites (N-methyl/N-ethyl adjacent to an activating group) is 1. The average Bonchev–Trinajstić information content (AvgIpc) is 3.04. The van der Waals surface area contributed by atoms with Crippen molar-refractivity contribution >= 4 is 11.8 Å². The fourth-order valence-corrected chi connectivity index (χ4v) is 4.23. The minimum Gasteiger partial charge on any atom is -0.353 e. The molecule has 0 bridgehead atoms. The van der Waals surface area contributed by atoms with Crippen molar-refractivity contribution in [2.24, 2.45) is 5.92 Å². The maximum absolute atomic E-state index is 13.3. The van der Waals surface area contributed by atoms with Gasteiger partial charge in [-0.2, -0.15) is 0 Å².